The summed E-state index contributed by atoms with van der Waals surface area (Å²) in [4.78, 5) is 13.9. The molecule has 0 aromatic heterocycles. The van der Waals surface area contributed by atoms with E-state index in [1.165, 1.54) is 19.3 Å². The number of amides is 1. The van der Waals surface area contributed by atoms with Crippen molar-refractivity contribution in [2.24, 2.45) is 0 Å². The summed E-state index contributed by atoms with van der Waals surface area (Å²) >= 11 is 0. The van der Waals surface area contributed by atoms with Gasteiger partial charge in [0.2, 0.25) is 0 Å². The van der Waals surface area contributed by atoms with E-state index in [2.05, 4.69) is 24.1 Å². The van der Waals surface area contributed by atoms with Crippen molar-refractivity contribution in [3.8, 4) is 0 Å². The molecule has 106 valence electrons. The standard InChI is InChI=1S/C14H28N2O2/c1-3-16(4-2)12-8-11-15-14(17)18-13-9-6-5-7-10-13/h13H,3-12H2,1-2H3,(H,15,17). The fourth-order valence-corrected chi connectivity index (χ4v) is 2.41. The van der Waals surface area contributed by atoms with Gasteiger partial charge in [0, 0.05) is 6.54 Å². The first-order chi connectivity index (χ1) is 8.76. The van der Waals surface area contributed by atoms with Crippen LogP contribution in [0.2, 0.25) is 0 Å². The van der Waals surface area contributed by atoms with Gasteiger partial charge in [-0.3, -0.25) is 0 Å². The number of nitrogens with zero attached hydrogens (tertiary/aromatic N) is 1. The number of carbonyl (C=O) groups is 1. The molecule has 0 bridgehead atoms. The van der Waals surface area contributed by atoms with Gasteiger partial charge in [-0.1, -0.05) is 20.3 Å². The highest BCUT2D eigenvalue weighted by atomic mass is 16.6. The summed E-state index contributed by atoms with van der Waals surface area (Å²) in [6.07, 6.45) is 6.65. The van der Waals surface area contributed by atoms with E-state index in [0.29, 0.717) is 6.54 Å². The van der Waals surface area contributed by atoms with Crippen molar-refractivity contribution in [3.63, 3.8) is 0 Å². The molecule has 4 nitrogen and oxygen atoms in total. The number of hydrogen-bond acceptors (Lipinski definition) is 3. The normalized spacial score (nSPS) is 16.8. The van der Waals surface area contributed by atoms with Crippen LogP contribution in [0.25, 0.3) is 0 Å². The van der Waals surface area contributed by atoms with Crippen LogP contribution in [0.3, 0.4) is 0 Å². The van der Waals surface area contributed by atoms with E-state index in [1.54, 1.807) is 0 Å². The summed E-state index contributed by atoms with van der Waals surface area (Å²) in [5, 5.41) is 2.85. The van der Waals surface area contributed by atoms with Crippen molar-refractivity contribution in [1.29, 1.82) is 0 Å². The molecule has 0 aromatic rings. The highest BCUT2D eigenvalue weighted by Crippen LogP contribution is 2.20. The first-order valence-electron chi connectivity index (χ1n) is 7.43. The molecule has 1 N–H and O–H groups in total. The monoisotopic (exact) mass is 256 g/mol. The second kappa shape index (κ2) is 9.20. The Kier molecular flexibility index (Phi) is 7.81. The van der Waals surface area contributed by atoms with Crippen molar-refractivity contribution < 1.29 is 9.53 Å². The van der Waals surface area contributed by atoms with E-state index < -0.39 is 0 Å². The minimum Gasteiger partial charge on any atom is -0.446 e. The topological polar surface area (TPSA) is 41.6 Å². The molecular weight excluding hydrogens is 228 g/mol. The first kappa shape index (κ1) is 15.3. The molecule has 0 aliphatic heterocycles. The summed E-state index contributed by atoms with van der Waals surface area (Å²) in [7, 11) is 0. The minimum absolute atomic E-state index is 0.154. The highest BCUT2D eigenvalue weighted by molar-refractivity contribution is 5.67. The highest BCUT2D eigenvalue weighted by Gasteiger charge is 2.17. The molecule has 1 fully saturated rings. The number of rotatable bonds is 7. The summed E-state index contributed by atoms with van der Waals surface area (Å²) in [5.74, 6) is 0. The number of hydrogen-bond donors (Lipinski definition) is 1. The van der Waals surface area contributed by atoms with Gasteiger partial charge in [0.1, 0.15) is 6.10 Å². The Morgan fingerprint density at radius 2 is 1.89 bits per heavy atom. The zero-order valence-electron chi connectivity index (χ0n) is 11.9. The van der Waals surface area contributed by atoms with Crippen LogP contribution in [-0.2, 0) is 4.74 Å². The third-order valence-electron chi connectivity index (χ3n) is 3.64. The Labute approximate surface area is 111 Å². The fraction of sp³-hybridized carbons (Fsp3) is 0.929. The lowest BCUT2D eigenvalue weighted by molar-refractivity contribution is 0.0752. The molecule has 0 atom stereocenters. The molecule has 1 amide bonds. The van der Waals surface area contributed by atoms with Gasteiger partial charge in [-0.05, 0) is 51.7 Å². The second-order valence-electron chi connectivity index (χ2n) is 4.97. The van der Waals surface area contributed by atoms with Crippen LogP contribution < -0.4 is 5.32 Å². The largest absolute Gasteiger partial charge is 0.446 e. The van der Waals surface area contributed by atoms with Gasteiger partial charge in [-0.2, -0.15) is 0 Å². The molecule has 0 radical (unpaired) electrons. The van der Waals surface area contributed by atoms with Crippen LogP contribution in [0.15, 0.2) is 0 Å². The molecule has 18 heavy (non-hydrogen) atoms. The summed E-state index contributed by atoms with van der Waals surface area (Å²) in [6.45, 7) is 8.22. The number of alkyl carbamates (subject to hydrolysis) is 1. The summed E-state index contributed by atoms with van der Waals surface area (Å²) in [6, 6.07) is 0. The Bertz CT molecular complexity index is 224. The average molecular weight is 256 g/mol. The Morgan fingerprint density at radius 3 is 2.50 bits per heavy atom. The third kappa shape index (κ3) is 6.24. The SMILES string of the molecule is CCN(CC)CCCNC(=O)OC1CCCCC1. The van der Waals surface area contributed by atoms with Crippen molar-refractivity contribution in [1.82, 2.24) is 10.2 Å². The molecule has 1 aliphatic carbocycles. The van der Waals surface area contributed by atoms with Crippen LogP contribution in [0.1, 0.15) is 52.4 Å². The Hall–Kier alpha value is -0.770. The lowest BCUT2D eigenvalue weighted by Gasteiger charge is -2.22. The zero-order chi connectivity index (χ0) is 13.2. The molecule has 1 aliphatic rings. The van der Waals surface area contributed by atoms with Crippen LogP contribution in [-0.4, -0.2) is 43.3 Å². The Morgan fingerprint density at radius 1 is 1.22 bits per heavy atom. The van der Waals surface area contributed by atoms with Crippen LogP contribution in [0.5, 0.6) is 0 Å². The molecule has 0 spiro atoms. The quantitative estimate of drug-likeness (QED) is 0.712. The van der Waals surface area contributed by atoms with Gasteiger partial charge in [0.25, 0.3) is 0 Å². The zero-order valence-corrected chi connectivity index (χ0v) is 11.9. The van der Waals surface area contributed by atoms with E-state index in [1.807, 2.05) is 0 Å². The van der Waals surface area contributed by atoms with E-state index in [4.69, 9.17) is 4.74 Å². The molecule has 1 rings (SSSR count). The lowest BCUT2D eigenvalue weighted by atomic mass is 9.98. The lowest BCUT2D eigenvalue weighted by Crippen LogP contribution is -2.32. The summed E-state index contributed by atoms with van der Waals surface area (Å²) < 4.78 is 5.39. The smallest absolute Gasteiger partial charge is 0.407 e. The number of nitrogens with one attached hydrogen (secondary N) is 1. The maximum absolute atomic E-state index is 11.5. The Balaban J connectivity index is 2.02. The van der Waals surface area contributed by atoms with Crippen molar-refractivity contribution in [2.45, 2.75) is 58.5 Å². The summed E-state index contributed by atoms with van der Waals surface area (Å²) in [5.41, 5.74) is 0. The molecule has 0 heterocycles. The van der Waals surface area contributed by atoms with Gasteiger partial charge in [0.05, 0.1) is 0 Å². The number of carbonyl (C=O) groups excluding carboxylic acids is 1. The van der Waals surface area contributed by atoms with E-state index in [9.17, 15) is 4.79 Å². The van der Waals surface area contributed by atoms with Crippen molar-refractivity contribution in [2.75, 3.05) is 26.2 Å². The van der Waals surface area contributed by atoms with Gasteiger partial charge >= 0.3 is 6.09 Å². The third-order valence-corrected chi connectivity index (χ3v) is 3.64. The van der Waals surface area contributed by atoms with Crippen LogP contribution in [0.4, 0.5) is 4.79 Å². The van der Waals surface area contributed by atoms with Crippen LogP contribution in [0, 0.1) is 0 Å². The van der Waals surface area contributed by atoms with Crippen LogP contribution >= 0.6 is 0 Å². The maximum atomic E-state index is 11.5. The molecule has 0 saturated heterocycles. The van der Waals surface area contributed by atoms with E-state index >= 15 is 0 Å². The van der Waals surface area contributed by atoms with E-state index in [0.717, 1.165) is 38.9 Å². The minimum atomic E-state index is -0.235. The predicted octanol–water partition coefficient (Wildman–Crippen LogP) is 2.78. The predicted molar refractivity (Wildman–Crippen MR) is 73.8 cm³/mol. The second-order valence-corrected chi connectivity index (χ2v) is 4.97. The number of ether oxygens (including phenoxy) is 1. The maximum Gasteiger partial charge on any atom is 0.407 e. The van der Waals surface area contributed by atoms with Gasteiger partial charge in [0.15, 0.2) is 0 Å². The van der Waals surface area contributed by atoms with Gasteiger partial charge < -0.3 is 15.0 Å². The van der Waals surface area contributed by atoms with Crippen molar-refractivity contribution in [3.05, 3.63) is 0 Å². The molecular formula is C14H28N2O2. The van der Waals surface area contributed by atoms with Gasteiger partial charge in [-0.15, -0.1) is 0 Å². The van der Waals surface area contributed by atoms with E-state index in [-0.39, 0.29) is 12.2 Å². The molecule has 0 aromatic carbocycles. The van der Waals surface area contributed by atoms with Crippen molar-refractivity contribution >= 4 is 6.09 Å². The molecule has 1 saturated carbocycles. The first-order valence-corrected chi connectivity index (χ1v) is 7.43. The fourth-order valence-electron chi connectivity index (χ4n) is 2.41. The van der Waals surface area contributed by atoms with Gasteiger partial charge in [-0.25, -0.2) is 4.79 Å². The molecule has 4 heteroatoms. The average Bonchev–Trinajstić information content (AvgIpc) is 2.40. The molecule has 0 unspecified atom stereocenters.